The summed E-state index contributed by atoms with van der Waals surface area (Å²) in [4.78, 5) is 25.5. The van der Waals surface area contributed by atoms with E-state index in [4.69, 9.17) is 0 Å². The van der Waals surface area contributed by atoms with Crippen LogP contribution in [-0.2, 0) is 19.6 Å². The molecule has 2 amide bonds. The van der Waals surface area contributed by atoms with E-state index in [1.807, 2.05) is 13.0 Å². The monoisotopic (exact) mass is 351 g/mol. The van der Waals surface area contributed by atoms with Crippen LogP contribution in [0, 0.1) is 6.92 Å². The van der Waals surface area contributed by atoms with Crippen LogP contribution < -0.4 is 5.32 Å². The molecule has 2 aliphatic rings. The molecule has 0 aliphatic carbocycles. The highest BCUT2D eigenvalue weighted by Crippen LogP contribution is 2.19. The molecule has 130 valence electrons. The van der Waals surface area contributed by atoms with Crippen LogP contribution in [0.25, 0.3) is 0 Å². The average Bonchev–Trinajstić information content (AvgIpc) is 3.01. The van der Waals surface area contributed by atoms with E-state index in [1.54, 1.807) is 23.1 Å². The van der Waals surface area contributed by atoms with Gasteiger partial charge in [-0.15, -0.1) is 0 Å². The lowest BCUT2D eigenvalue weighted by molar-refractivity contribution is -0.135. The standard InChI is InChI=1S/C16H21N3O4S/c1-12-3-2-4-13(11-12)24(22,23)19-9-7-18(8-10-19)16(21)14-5-6-15(20)17-14/h2-4,11,14H,5-10H2,1H3,(H,17,20). The minimum absolute atomic E-state index is 0.103. The van der Waals surface area contributed by atoms with Crippen molar-refractivity contribution >= 4 is 21.8 Å². The van der Waals surface area contributed by atoms with Crippen molar-refractivity contribution in [2.24, 2.45) is 0 Å². The molecule has 2 heterocycles. The first kappa shape index (κ1) is 16.9. The Morgan fingerprint density at radius 3 is 2.50 bits per heavy atom. The number of hydrogen-bond donors (Lipinski definition) is 1. The van der Waals surface area contributed by atoms with Gasteiger partial charge < -0.3 is 10.2 Å². The predicted molar refractivity (Wildman–Crippen MR) is 87.7 cm³/mol. The third-order valence-corrected chi connectivity index (χ3v) is 6.37. The van der Waals surface area contributed by atoms with Crippen molar-refractivity contribution < 1.29 is 18.0 Å². The molecule has 0 aromatic heterocycles. The van der Waals surface area contributed by atoms with Crippen LogP contribution in [0.3, 0.4) is 0 Å². The third-order valence-electron chi connectivity index (χ3n) is 4.47. The zero-order valence-corrected chi connectivity index (χ0v) is 14.4. The number of carbonyl (C=O) groups is 2. The molecule has 0 radical (unpaired) electrons. The zero-order valence-electron chi connectivity index (χ0n) is 13.6. The van der Waals surface area contributed by atoms with Gasteiger partial charge in [-0.1, -0.05) is 12.1 Å². The number of sulfonamides is 1. The fraction of sp³-hybridized carbons (Fsp3) is 0.500. The van der Waals surface area contributed by atoms with Crippen molar-refractivity contribution in [2.75, 3.05) is 26.2 Å². The molecule has 1 aromatic carbocycles. The lowest BCUT2D eigenvalue weighted by Gasteiger charge is -2.35. The van der Waals surface area contributed by atoms with Crippen LogP contribution in [-0.4, -0.2) is 61.7 Å². The third kappa shape index (κ3) is 3.29. The van der Waals surface area contributed by atoms with Crippen LogP contribution in [0.15, 0.2) is 29.2 Å². The van der Waals surface area contributed by atoms with Gasteiger partial charge >= 0.3 is 0 Å². The van der Waals surface area contributed by atoms with E-state index in [1.165, 1.54) is 4.31 Å². The highest BCUT2D eigenvalue weighted by molar-refractivity contribution is 7.89. The van der Waals surface area contributed by atoms with Gasteiger partial charge in [0.05, 0.1) is 4.90 Å². The molecule has 3 rings (SSSR count). The molecule has 1 unspecified atom stereocenters. The van der Waals surface area contributed by atoms with Crippen LogP contribution >= 0.6 is 0 Å². The van der Waals surface area contributed by atoms with Gasteiger partial charge in [-0.05, 0) is 31.0 Å². The normalized spacial score (nSPS) is 22.5. The summed E-state index contributed by atoms with van der Waals surface area (Å²) in [6, 6.07) is 6.36. The Morgan fingerprint density at radius 1 is 1.21 bits per heavy atom. The van der Waals surface area contributed by atoms with E-state index in [2.05, 4.69) is 5.32 Å². The summed E-state index contributed by atoms with van der Waals surface area (Å²) < 4.78 is 26.8. The molecule has 2 fully saturated rings. The molecule has 2 aliphatic heterocycles. The lowest BCUT2D eigenvalue weighted by Crippen LogP contribution is -2.54. The number of rotatable bonds is 3. The van der Waals surface area contributed by atoms with E-state index >= 15 is 0 Å². The minimum Gasteiger partial charge on any atom is -0.344 e. The number of aryl methyl sites for hydroxylation is 1. The number of nitrogens with zero attached hydrogens (tertiary/aromatic N) is 2. The smallest absolute Gasteiger partial charge is 0.245 e. The summed E-state index contributed by atoms with van der Waals surface area (Å²) in [7, 11) is -3.54. The molecule has 24 heavy (non-hydrogen) atoms. The molecule has 8 heteroatoms. The van der Waals surface area contributed by atoms with Gasteiger partial charge in [0.1, 0.15) is 6.04 Å². The largest absolute Gasteiger partial charge is 0.344 e. The molecule has 0 saturated carbocycles. The SMILES string of the molecule is Cc1cccc(S(=O)(=O)N2CCN(C(=O)C3CCC(=O)N3)CC2)c1. The van der Waals surface area contributed by atoms with Crippen LogP contribution in [0.1, 0.15) is 18.4 Å². The summed E-state index contributed by atoms with van der Waals surface area (Å²) in [5.74, 6) is -0.220. The molecule has 1 N–H and O–H groups in total. The van der Waals surface area contributed by atoms with Gasteiger partial charge in [-0.2, -0.15) is 4.31 Å². The quantitative estimate of drug-likeness (QED) is 0.837. The number of benzene rings is 1. The second-order valence-corrected chi connectivity index (χ2v) is 8.14. The van der Waals surface area contributed by atoms with Crippen molar-refractivity contribution in [1.82, 2.24) is 14.5 Å². The Balaban J connectivity index is 1.64. The summed E-state index contributed by atoms with van der Waals surface area (Å²) in [6.07, 6.45) is 0.886. The fourth-order valence-corrected chi connectivity index (χ4v) is 4.62. The number of amides is 2. The van der Waals surface area contributed by atoms with Gasteiger partial charge in [0, 0.05) is 32.6 Å². The Kier molecular flexibility index (Phi) is 4.60. The molecule has 0 bridgehead atoms. The molecule has 2 saturated heterocycles. The molecular formula is C16H21N3O4S. The fourth-order valence-electron chi connectivity index (χ4n) is 3.09. The molecular weight excluding hydrogens is 330 g/mol. The van der Waals surface area contributed by atoms with Gasteiger partial charge in [0.25, 0.3) is 0 Å². The Labute approximate surface area is 141 Å². The molecule has 0 spiro atoms. The van der Waals surface area contributed by atoms with Crippen LogP contribution in [0.2, 0.25) is 0 Å². The van der Waals surface area contributed by atoms with Crippen LogP contribution in [0.4, 0.5) is 0 Å². The second-order valence-electron chi connectivity index (χ2n) is 6.20. The highest BCUT2D eigenvalue weighted by Gasteiger charge is 2.34. The summed E-state index contributed by atoms with van der Waals surface area (Å²) in [5.41, 5.74) is 0.891. The van der Waals surface area contributed by atoms with Crippen LogP contribution in [0.5, 0.6) is 0 Å². The van der Waals surface area contributed by atoms with E-state index < -0.39 is 16.1 Å². The first-order valence-corrected chi connectivity index (χ1v) is 9.47. The Hall–Kier alpha value is -1.93. The Morgan fingerprint density at radius 2 is 1.92 bits per heavy atom. The number of nitrogens with one attached hydrogen (secondary N) is 1. The maximum Gasteiger partial charge on any atom is 0.245 e. The second kappa shape index (κ2) is 6.52. The summed E-state index contributed by atoms with van der Waals surface area (Å²) >= 11 is 0. The van der Waals surface area contributed by atoms with Gasteiger partial charge in [0.2, 0.25) is 21.8 Å². The highest BCUT2D eigenvalue weighted by atomic mass is 32.2. The minimum atomic E-state index is -3.54. The number of hydrogen-bond acceptors (Lipinski definition) is 4. The van der Waals surface area contributed by atoms with E-state index in [-0.39, 0.29) is 29.8 Å². The summed E-state index contributed by atoms with van der Waals surface area (Å²) in [5, 5.41) is 2.66. The van der Waals surface area contributed by atoms with E-state index in [0.717, 1.165) is 5.56 Å². The average molecular weight is 351 g/mol. The Bertz CT molecular complexity index is 754. The predicted octanol–water partition coefficient (Wildman–Crippen LogP) is 0.107. The van der Waals surface area contributed by atoms with Crippen molar-refractivity contribution in [3.8, 4) is 0 Å². The van der Waals surface area contributed by atoms with E-state index in [9.17, 15) is 18.0 Å². The first-order chi connectivity index (χ1) is 11.4. The topological polar surface area (TPSA) is 86.8 Å². The van der Waals surface area contributed by atoms with Crippen molar-refractivity contribution in [3.05, 3.63) is 29.8 Å². The lowest BCUT2D eigenvalue weighted by atomic mass is 10.2. The van der Waals surface area contributed by atoms with Crippen molar-refractivity contribution in [3.63, 3.8) is 0 Å². The maximum atomic E-state index is 12.7. The zero-order chi connectivity index (χ0) is 17.3. The van der Waals surface area contributed by atoms with Crippen molar-refractivity contribution in [1.29, 1.82) is 0 Å². The number of carbonyl (C=O) groups excluding carboxylic acids is 2. The molecule has 1 atom stereocenters. The van der Waals surface area contributed by atoms with Crippen molar-refractivity contribution in [2.45, 2.75) is 30.7 Å². The van der Waals surface area contributed by atoms with E-state index in [0.29, 0.717) is 25.9 Å². The van der Waals surface area contributed by atoms with Gasteiger partial charge in [0.15, 0.2) is 0 Å². The number of piperazine rings is 1. The first-order valence-electron chi connectivity index (χ1n) is 8.03. The molecule has 1 aromatic rings. The molecule has 7 nitrogen and oxygen atoms in total. The maximum absolute atomic E-state index is 12.7. The van der Waals surface area contributed by atoms with Gasteiger partial charge in [-0.3, -0.25) is 9.59 Å². The summed E-state index contributed by atoms with van der Waals surface area (Å²) in [6.45, 7) is 3.07. The van der Waals surface area contributed by atoms with Gasteiger partial charge in [-0.25, -0.2) is 8.42 Å².